The van der Waals surface area contributed by atoms with E-state index in [0.29, 0.717) is 0 Å². The van der Waals surface area contributed by atoms with E-state index in [4.69, 9.17) is 9.47 Å². The predicted molar refractivity (Wildman–Crippen MR) is 103 cm³/mol. The first-order chi connectivity index (χ1) is 12.3. The fourth-order valence-electron chi connectivity index (χ4n) is 3.24. The van der Waals surface area contributed by atoms with Gasteiger partial charge in [0.2, 0.25) is 0 Å². The molecule has 5 heteroatoms. The maximum atomic E-state index is 5.48. The van der Waals surface area contributed by atoms with Crippen molar-refractivity contribution in [3.8, 4) is 11.5 Å². The molecule has 0 radical (unpaired) electrons. The van der Waals surface area contributed by atoms with Gasteiger partial charge in [0, 0.05) is 39.3 Å². The number of para-hydroxylation sites is 4. The number of ether oxygens (including phenoxy) is 2. The molecule has 1 aliphatic rings. The molecule has 1 saturated heterocycles. The van der Waals surface area contributed by atoms with Crippen molar-refractivity contribution in [2.75, 3.05) is 63.7 Å². The largest absolute Gasteiger partial charge is 0.495 e. The van der Waals surface area contributed by atoms with Crippen molar-refractivity contribution in [1.82, 2.24) is 4.90 Å². The zero-order valence-corrected chi connectivity index (χ0v) is 15.1. The second-order valence-electron chi connectivity index (χ2n) is 6.13. The Morgan fingerprint density at radius 1 is 0.840 bits per heavy atom. The molecule has 1 aliphatic heterocycles. The van der Waals surface area contributed by atoms with Gasteiger partial charge < -0.3 is 19.7 Å². The lowest BCUT2D eigenvalue weighted by molar-refractivity contribution is 0.266. The molecule has 134 valence electrons. The first-order valence-corrected chi connectivity index (χ1v) is 8.79. The van der Waals surface area contributed by atoms with E-state index in [1.165, 1.54) is 5.69 Å². The number of anilines is 2. The topological polar surface area (TPSA) is 37.0 Å². The maximum Gasteiger partial charge on any atom is 0.142 e. The van der Waals surface area contributed by atoms with Gasteiger partial charge in [0.1, 0.15) is 11.5 Å². The van der Waals surface area contributed by atoms with Crippen molar-refractivity contribution in [2.24, 2.45) is 0 Å². The number of methoxy groups -OCH3 is 2. The summed E-state index contributed by atoms with van der Waals surface area (Å²) in [5, 5.41) is 3.47. The Morgan fingerprint density at radius 2 is 1.48 bits per heavy atom. The zero-order chi connectivity index (χ0) is 17.5. The van der Waals surface area contributed by atoms with E-state index in [1.807, 2.05) is 30.3 Å². The van der Waals surface area contributed by atoms with Crippen LogP contribution in [0.1, 0.15) is 0 Å². The molecule has 0 unspecified atom stereocenters. The third kappa shape index (κ3) is 4.37. The molecule has 0 aromatic heterocycles. The van der Waals surface area contributed by atoms with E-state index < -0.39 is 0 Å². The summed E-state index contributed by atoms with van der Waals surface area (Å²) in [7, 11) is 3.44. The van der Waals surface area contributed by atoms with Crippen molar-refractivity contribution in [1.29, 1.82) is 0 Å². The molecular formula is C20H27N3O2. The minimum absolute atomic E-state index is 0.892. The predicted octanol–water partition coefficient (Wildman–Crippen LogP) is 2.94. The molecule has 1 heterocycles. The summed E-state index contributed by atoms with van der Waals surface area (Å²) in [5.74, 6) is 1.84. The van der Waals surface area contributed by atoms with E-state index in [1.54, 1.807) is 14.2 Å². The molecule has 0 spiro atoms. The second-order valence-corrected chi connectivity index (χ2v) is 6.13. The highest BCUT2D eigenvalue weighted by Gasteiger charge is 2.19. The summed E-state index contributed by atoms with van der Waals surface area (Å²) < 4.78 is 10.9. The third-order valence-corrected chi connectivity index (χ3v) is 4.65. The van der Waals surface area contributed by atoms with Gasteiger partial charge in [-0.3, -0.25) is 4.90 Å². The lowest BCUT2D eigenvalue weighted by Gasteiger charge is -2.36. The monoisotopic (exact) mass is 341 g/mol. The molecule has 1 fully saturated rings. The molecule has 25 heavy (non-hydrogen) atoms. The molecule has 0 atom stereocenters. The summed E-state index contributed by atoms with van der Waals surface area (Å²) in [4.78, 5) is 4.90. The summed E-state index contributed by atoms with van der Waals surface area (Å²) in [6, 6.07) is 16.3. The Balaban J connectivity index is 1.47. The van der Waals surface area contributed by atoms with Crippen LogP contribution in [-0.2, 0) is 0 Å². The summed E-state index contributed by atoms with van der Waals surface area (Å²) in [6.07, 6.45) is 0. The van der Waals surface area contributed by atoms with E-state index >= 15 is 0 Å². The number of nitrogens with one attached hydrogen (secondary N) is 1. The normalized spacial score (nSPS) is 15.0. The van der Waals surface area contributed by atoms with Crippen molar-refractivity contribution in [3.05, 3.63) is 48.5 Å². The highest BCUT2D eigenvalue weighted by Crippen LogP contribution is 2.28. The Hall–Kier alpha value is -2.40. The van der Waals surface area contributed by atoms with Crippen molar-refractivity contribution in [2.45, 2.75) is 0 Å². The molecule has 2 aromatic rings. The number of benzene rings is 2. The van der Waals surface area contributed by atoms with Crippen LogP contribution in [0.5, 0.6) is 11.5 Å². The van der Waals surface area contributed by atoms with Crippen LogP contribution in [-0.4, -0.2) is 58.4 Å². The second kappa shape index (κ2) is 8.62. The van der Waals surface area contributed by atoms with Gasteiger partial charge in [-0.1, -0.05) is 24.3 Å². The van der Waals surface area contributed by atoms with Crippen LogP contribution in [0, 0.1) is 0 Å². The molecule has 0 saturated carbocycles. The van der Waals surface area contributed by atoms with Gasteiger partial charge in [-0.25, -0.2) is 0 Å². The first kappa shape index (κ1) is 17.4. The zero-order valence-electron chi connectivity index (χ0n) is 15.1. The summed E-state index contributed by atoms with van der Waals surface area (Å²) in [5.41, 5.74) is 2.24. The Morgan fingerprint density at radius 3 is 2.20 bits per heavy atom. The number of hydrogen-bond acceptors (Lipinski definition) is 5. The molecule has 2 aromatic carbocycles. The number of nitrogens with zero attached hydrogens (tertiary/aromatic N) is 2. The van der Waals surface area contributed by atoms with E-state index in [-0.39, 0.29) is 0 Å². The van der Waals surface area contributed by atoms with Crippen molar-refractivity contribution >= 4 is 11.4 Å². The van der Waals surface area contributed by atoms with E-state index in [2.05, 4.69) is 33.3 Å². The van der Waals surface area contributed by atoms with Gasteiger partial charge in [0.05, 0.1) is 25.6 Å². The summed E-state index contributed by atoms with van der Waals surface area (Å²) >= 11 is 0. The average Bonchev–Trinajstić information content (AvgIpc) is 2.69. The van der Waals surface area contributed by atoms with Gasteiger partial charge in [-0.15, -0.1) is 0 Å². The van der Waals surface area contributed by atoms with Crippen LogP contribution in [0.4, 0.5) is 11.4 Å². The standard InChI is InChI=1S/C20H27N3O2/c1-24-19-9-5-3-7-17(19)21-11-12-22-13-15-23(16-14-22)18-8-4-6-10-20(18)25-2/h3-10,21H,11-16H2,1-2H3. The van der Waals surface area contributed by atoms with Gasteiger partial charge in [-0.2, -0.15) is 0 Å². The smallest absolute Gasteiger partial charge is 0.142 e. The molecule has 0 bridgehead atoms. The van der Waals surface area contributed by atoms with Crippen LogP contribution in [0.2, 0.25) is 0 Å². The average molecular weight is 341 g/mol. The van der Waals surface area contributed by atoms with Crippen LogP contribution >= 0.6 is 0 Å². The van der Waals surface area contributed by atoms with Gasteiger partial charge in [0.25, 0.3) is 0 Å². The molecular weight excluding hydrogens is 314 g/mol. The van der Waals surface area contributed by atoms with Crippen LogP contribution in [0.3, 0.4) is 0 Å². The lowest BCUT2D eigenvalue weighted by atomic mass is 10.2. The maximum absolute atomic E-state index is 5.48. The highest BCUT2D eigenvalue weighted by atomic mass is 16.5. The van der Waals surface area contributed by atoms with Crippen LogP contribution in [0.25, 0.3) is 0 Å². The first-order valence-electron chi connectivity index (χ1n) is 8.79. The Labute approximate surface area is 150 Å². The molecule has 3 rings (SSSR count). The lowest BCUT2D eigenvalue weighted by Crippen LogP contribution is -2.47. The quantitative estimate of drug-likeness (QED) is 0.838. The number of piperazine rings is 1. The fraction of sp³-hybridized carbons (Fsp3) is 0.400. The Bertz CT molecular complexity index is 667. The molecule has 5 nitrogen and oxygen atoms in total. The van der Waals surface area contributed by atoms with Gasteiger partial charge >= 0.3 is 0 Å². The minimum Gasteiger partial charge on any atom is -0.495 e. The van der Waals surface area contributed by atoms with Crippen LogP contribution < -0.4 is 19.7 Å². The molecule has 0 aliphatic carbocycles. The van der Waals surface area contributed by atoms with Gasteiger partial charge in [0.15, 0.2) is 0 Å². The number of rotatable bonds is 7. The molecule has 1 N–H and O–H groups in total. The van der Waals surface area contributed by atoms with Crippen molar-refractivity contribution < 1.29 is 9.47 Å². The van der Waals surface area contributed by atoms with E-state index in [9.17, 15) is 0 Å². The molecule has 0 amide bonds. The van der Waals surface area contributed by atoms with Gasteiger partial charge in [-0.05, 0) is 24.3 Å². The fourth-order valence-corrected chi connectivity index (χ4v) is 3.24. The van der Waals surface area contributed by atoms with Crippen molar-refractivity contribution in [3.63, 3.8) is 0 Å². The minimum atomic E-state index is 0.892. The SMILES string of the molecule is COc1ccccc1NCCN1CCN(c2ccccc2OC)CC1. The summed E-state index contributed by atoms with van der Waals surface area (Å²) in [6.45, 7) is 6.11. The Kier molecular flexibility index (Phi) is 6.01. The third-order valence-electron chi connectivity index (χ3n) is 4.65. The highest BCUT2D eigenvalue weighted by molar-refractivity contribution is 5.58. The van der Waals surface area contributed by atoms with Crippen LogP contribution in [0.15, 0.2) is 48.5 Å². The number of hydrogen-bond donors (Lipinski definition) is 1. The van der Waals surface area contributed by atoms with E-state index in [0.717, 1.165) is 56.5 Å².